The third kappa shape index (κ3) is 6.62. The van der Waals surface area contributed by atoms with E-state index in [9.17, 15) is 28.8 Å². The Morgan fingerprint density at radius 3 is 1.53 bits per heavy atom. The van der Waals surface area contributed by atoms with Crippen LogP contribution in [0.5, 0.6) is 11.5 Å². The van der Waals surface area contributed by atoms with Crippen LogP contribution in [0.4, 0.5) is 0 Å². The quantitative estimate of drug-likeness (QED) is 0.110. The first-order valence-electron chi connectivity index (χ1n) is 14.7. The van der Waals surface area contributed by atoms with E-state index in [2.05, 4.69) is 23.0 Å². The van der Waals surface area contributed by atoms with E-state index >= 15 is 0 Å². The van der Waals surface area contributed by atoms with Crippen LogP contribution >= 0.6 is 0 Å². The topological polar surface area (TPSA) is 139 Å². The molecule has 0 aliphatic carbocycles. The van der Waals surface area contributed by atoms with Gasteiger partial charge in [0.25, 0.3) is 0 Å². The molecule has 0 saturated carbocycles. The summed E-state index contributed by atoms with van der Waals surface area (Å²) in [7, 11) is 0. The Morgan fingerprint density at radius 2 is 1.04 bits per heavy atom. The molecule has 0 saturated heterocycles. The highest BCUT2D eigenvalue weighted by atomic mass is 16.6. The molecule has 0 spiro atoms. The highest BCUT2D eigenvalue weighted by Crippen LogP contribution is 2.28. The molecule has 10 heteroatoms. The van der Waals surface area contributed by atoms with E-state index in [0.717, 1.165) is 36.0 Å². The van der Waals surface area contributed by atoms with Gasteiger partial charge in [-0.15, -0.1) is 0 Å². The van der Waals surface area contributed by atoms with Gasteiger partial charge in [-0.3, -0.25) is 0 Å². The molecule has 6 rings (SSSR count). The maximum absolute atomic E-state index is 12.6. The summed E-state index contributed by atoms with van der Waals surface area (Å²) in [5, 5.41) is 0. The van der Waals surface area contributed by atoms with Crippen molar-refractivity contribution >= 4 is 41.4 Å². The fourth-order valence-electron chi connectivity index (χ4n) is 5.29. The van der Waals surface area contributed by atoms with Gasteiger partial charge in [-0.1, -0.05) is 37.8 Å². The lowest BCUT2D eigenvalue weighted by atomic mass is 9.92. The SMILES string of the molecule is C=C(CC(C)CCc1ccc(OC(=O)c2ccc3c(c2)C(=O)OC3=O)cc1)c1ccc(OC(=O)c2ccc3c(c2)C(=O)OC3=O)cc1. The number of ether oxygens (including phenoxy) is 4. The normalized spacial score (nSPS) is 13.7. The average molecular weight is 631 g/mol. The number of hydrogen-bond donors (Lipinski definition) is 0. The van der Waals surface area contributed by atoms with Gasteiger partial charge >= 0.3 is 35.8 Å². The minimum atomic E-state index is -0.793. The summed E-state index contributed by atoms with van der Waals surface area (Å²) in [4.78, 5) is 72.0. The summed E-state index contributed by atoms with van der Waals surface area (Å²) in [6.45, 7) is 6.36. The second-order valence-corrected chi connectivity index (χ2v) is 11.3. The van der Waals surface area contributed by atoms with E-state index in [1.807, 2.05) is 24.3 Å². The van der Waals surface area contributed by atoms with Crippen LogP contribution in [-0.4, -0.2) is 35.8 Å². The molecule has 47 heavy (non-hydrogen) atoms. The number of benzene rings is 4. The summed E-state index contributed by atoms with van der Waals surface area (Å²) >= 11 is 0. The molecule has 1 unspecified atom stereocenters. The molecule has 2 aliphatic heterocycles. The molecule has 234 valence electrons. The van der Waals surface area contributed by atoms with Gasteiger partial charge in [0.1, 0.15) is 11.5 Å². The Bertz CT molecular complexity index is 1990. The molecule has 0 radical (unpaired) electrons. The number of esters is 6. The van der Waals surface area contributed by atoms with Crippen LogP contribution in [0.2, 0.25) is 0 Å². The summed E-state index contributed by atoms with van der Waals surface area (Å²) in [6.07, 6.45) is 2.43. The maximum Gasteiger partial charge on any atom is 0.346 e. The van der Waals surface area contributed by atoms with Gasteiger partial charge in [-0.05, 0) is 103 Å². The van der Waals surface area contributed by atoms with Crippen molar-refractivity contribution in [2.75, 3.05) is 0 Å². The zero-order chi connectivity index (χ0) is 33.2. The number of fused-ring (bicyclic) bond motifs is 2. The smallest absolute Gasteiger partial charge is 0.346 e. The lowest BCUT2D eigenvalue weighted by Crippen LogP contribution is -2.10. The van der Waals surface area contributed by atoms with Crippen molar-refractivity contribution in [3.63, 3.8) is 0 Å². The van der Waals surface area contributed by atoms with E-state index < -0.39 is 35.8 Å². The Kier molecular flexibility index (Phi) is 8.32. The highest BCUT2D eigenvalue weighted by Gasteiger charge is 2.31. The molecule has 0 fully saturated rings. The number of rotatable bonds is 10. The summed E-state index contributed by atoms with van der Waals surface area (Å²) < 4.78 is 20.0. The number of allylic oxidation sites excluding steroid dienone is 1. The van der Waals surface area contributed by atoms with E-state index in [-0.39, 0.29) is 33.4 Å². The van der Waals surface area contributed by atoms with Crippen molar-refractivity contribution in [2.24, 2.45) is 5.92 Å². The number of cyclic esters (lactones) is 4. The van der Waals surface area contributed by atoms with Gasteiger partial charge in [-0.25, -0.2) is 28.8 Å². The Labute approximate surface area is 268 Å². The Balaban J connectivity index is 0.966. The van der Waals surface area contributed by atoms with Crippen molar-refractivity contribution in [3.8, 4) is 11.5 Å². The molecule has 4 aromatic rings. The zero-order valence-corrected chi connectivity index (χ0v) is 25.1. The monoisotopic (exact) mass is 630 g/mol. The Morgan fingerprint density at radius 1 is 0.617 bits per heavy atom. The fourth-order valence-corrected chi connectivity index (χ4v) is 5.29. The van der Waals surface area contributed by atoms with Gasteiger partial charge in [-0.2, -0.15) is 0 Å². The van der Waals surface area contributed by atoms with Crippen LogP contribution in [0.25, 0.3) is 5.57 Å². The average Bonchev–Trinajstić information content (AvgIpc) is 3.52. The van der Waals surface area contributed by atoms with Crippen LogP contribution in [0.3, 0.4) is 0 Å². The molecule has 4 aromatic carbocycles. The van der Waals surface area contributed by atoms with E-state index in [0.29, 0.717) is 17.4 Å². The Hall–Kier alpha value is -6.16. The molecular weight excluding hydrogens is 604 g/mol. The lowest BCUT2D eigenvalue weighted by molar-refractivity contribution is 0.0425. The zero-order valence-electron chi connectivity index (χ0n) is 25.1. The standard InChI is InChI=1S/C37H26O10/c1-20(3-4-22-5-11-26(12-6-22)44-32(38)24-9-15-28-30(18-24)36(42)46-34(28)40)17-21(2)23-7-13-27(14-8-23)45-33(39)25-10-16-29-31(19-25)37(43)47-35(29)41/h5-16,18-20H,2-4,17H2,1H3. The predicted octanol–water partition coefficient (Wildman–Crippen LogP) is 6.42. The van der Waals surface area contributed by atoms with Crippen LogP contribution < -0.4 is 9.47 Å². The molecule has 2 aliphatic rings. The van der Waals surface area contributed by atoms with Crippen LogP contribution in [0, 0.1) is 5.92 Å². The van der Waals surface area contributed by atoms with Crippen molar-refractivity contribution in [1.29, 1.82) is 0 Å². The third-order valence-corrected chi connectivity index (χ3v) is 7.89. The third-order valence-electron chi connectivity index (χ3n) is 7.89. The molecule has 0 aromatic heterocycles. The molecule has 1 atom stereocenters. The second kappa shape index (κ2) is 12.7. The number of aryl methyl sites for hydroxylation is 1. The van der Waals surface area contributed by atoms with Gasteiger partial charge in [0, 0.05) is 0 Å². The largest absolute Gasteiger partial charge is 0.423 e. The lowest BCUT2D eigenvalue weighted by Gasteiger charge is -2.14. The predicted molar refractivity (Wildman–Crippen MR) is 166 cm³/mol. The number of carbonyl (C=O) groups excluding carboxylic acids is 6. The van der Waals surface area contributed by atoms with Crippen molar-refractivity contribution in [1.82, 2.24) is 0 Å². The second-order valence-electron chi connectivity index (χ2n) is 11.3. The minimum Gasteiger partial charge on any atom is -0.423 e. The maximum atomic E-state index is 12.6. The van der Waals surface area contributed by atoms with Crippen LogP contribution in [0.15, 0.2) is 91.5 Å². The van der Waals surface area contributed by atoms with Crippen LogP contribution in [0.1, 0.15) is 93.0 Å². The van der Waals surface area contributed by atoms with Crippen molar-refractivity contribution < 1.29 is 47.7 Å². The van der Waals surface area contributed by atoms with E-state index in [1.165, 1.54) is 36.4 Å². The number of carbonyl (C=O) groups is 6. The number of hydrogen-bond acceptors (Lipinski definition) is 10. The summed E-state index contributed by atoms with van der Waals surface area (Å²) in [6, 6.07) is 22.3. The molecule has 0 bridgehead atoms. The minimum absolute atomic E-state index is 0.0342. The summed E-state index contributed by atoms with van der Waals surface area (Å²) in [5.74, 6) is -3.40. The fraction of sp³-hybridized carbons (Fsp3) is 0.135. The van der Waals surface area contributed by atoms with Gasteiger partial charge in [0.2, 0.25) is 0 Å². The van der Waals surface area contributed by atoms with Gasteiger partial charge in [0.15, 0.2) is 0 Å². The molecule has 2 heterocycles. The van der Waals surface area contributed by atoms with Gasteiger partial charge in [0.05, 0.1) is 33.4 Å². The van der Waals surface area contributed by atoms with Gasteiger partial charge < -0.3 is 18.9 Å². The molecule has 0 amide bonds. The van der Waals surface area contributed by atoms with Crippen molar-refractivity contribution in [3.05, 3.63) is 136 Å². The first kappa shape index (κ1) is 30.8. The van der Waals surface area contributed by atoms with Crippen molar-refractivity contribution in [2.45, 2.75) is 26.2 Å². The van der Waals surface area contributed by atoms with Crippen LogP contribution in [-0.2, 0) is 15.9 Å². The molecule has 0 N–H and O–H groups in total. The molecular formula is C37H26O10. The van der Waals surface area contributed by atoms with E-state index in [4.69, 9.17) is 9.47 Å². The highest BCUT2D eigenvalue weighted by molar-refractivity contribution is 6.16. The first-order valence-corrected chi connectivity index (χ1v) is 14.7. The molecule has 10 nitrogen and oxygen atoms in total. The summed E-state index contributed by atoms with van der Waals surface area (Å²) in [5.41, 5.74) is 3.48. The first-order chi connectivity index (χ1) is 22.5. The van der Waals surface area contributed by atoms with E-state index in [1.54, 1.807) is 24.3 Å².